The van der Waals surface area contributed by atoms with Crippen LogP contribution in [0.1, 0.15) is 11.1 Å². The van der Waals surface area contributed by atoms with Gasteiger partial charge in [0.15, 0.2) is 11.5 Å². The van der Waals surface area contributed by atoms with Gasteiger partial charge in [-0.1, -0.05) is 29.3 Å². The highest BCUT2D eigenvalue weighted by Crippen LogP contribution is 2.37. The predicted molar refractivity (Wildman–Crippen MR) is 132 cm³/mol. The highest BCUT2D eigenvalue weighted by molar-refractivity contribution is 9.10. The van der Waals surface area contributed by atoms with Crippen molar-refractivity contribution < 1.29 is 18.7 Å². The second-order valence-corrected chi connectivity index (χ2v) is 8.41. The SMILES string of the molecule is COc1cc(/C=N\NC(=O)CNc2ccc(F)cc2)cc(Br)c1OCc1ccc(Cl)cc1Cl. The summed E-state index contributed by atoms with van der Waals surface area (Å²) in [5.41, 5.74) is 4.49. The first-order chi connectivity index (χ1) is 15.9. The summed E-state index contributed by atoms with van der Waals surface area (Å²) < 4.78 is 24.9. The fourth-order valence-corrected chi connectivity index (χ4v) is 3.75. The summed E-state index contributed by atoms with van der Waals surface area (Å²) >= 11 is 15.6. The first-order valence-electron chi connectivity index (χ1n) is 9.61. The van der Waals surface area contributed by atoms with Crippen molar-refractivity contribution >= 4 is 56.9 Å². The quantitative estimate of drug-likeness (QED) is 0.250. The molecule has 1 amide bonds. The lowest BCUT2D eigenvalue weighted by Crippen LogP contribution is -2.25. The van der Waals surface area contributed by atoms with E-state index in [1.165, 1.54) is 25.5 Å². The zero-order chi connectivity index (χ0) is 23.8. The van der Waals surface area contributed by atoms with Gasteiger partial charge < -0.3 is 14.8 Å². The Balaban J connectivity index is 1.59. The van der Waals surface area contributed by atoms with Crippen LogP contribution in [-0.2, 0) is 11.4 Å². The molecule has 6 nitrogen and oxygen atoms in total. The van der Waals surface area contributed by atoms with Gasteiger partial charge in [0.25, 0.3) is 5.91 Å². The Kier molecular flexibility index (Phi) is 8.94. The number of nitrogens with zero attached hydrogens (tertiary/aromatic N) is 1. The summed E-state index contributed by atoms with van der Waals surface area (Å²) in [4.78, 5) is 12.0. The number of benzene rings is 3. The van der Waals surface area contributed by atoms with Gasteiger partial charge in [0.1, 0.15) is 12.4 Å². The third kappa shape index (κ3) is 7.35. The average Bonchev–Trinajstić information content (AvgIpc) is 2.78. The number of amides is 1. The van der Waals surface area contributed by atoms with Crippen LogP contribution in [0.5, 0.6) is 11.5 Å². The Labute approximate surface area is 208 Å². The number of hydrogen-bond donors (Lipinski definition) is 2. The highest BCUT2D eigenvalue weighted by atomic mass is 79.9. The number of rotatable bonds is 9. The molecule has 0 fully saturated rings. The van der Waals surface area contributed by atoms with Crippen LogP contribution in [-0.4, -0.2) is 25.8 Å². The van der Waals surface area contributed by atoms with Crippen molar-refractivity contribution in [3.63, 3.8) is 0 Å². The topological polar surface area (TPSA) is 72.0 Å². The molecule has 3 aromatic rings. The molecular formula is C23H19BrCl2FN3O3. The second-order valence-electron chi connectivity index (χ2n) is 6.71. The first-order valence-corrected chi connectivity index (χ1v) is 11.2. The van der Waals surface area contributed by atoms with Crippen molar-refractivity contribution in [2.24, 2.45) is 5.10 Å². The van der Waals surface area contributed by atoms with Gasteiger partial charge in [-0.05, 0) is 70.0 Å². The normalized spacial score (nSPS) is 10.8. The van der Waals surface area contributed by atoms with E-state index < -0.39 is 0 Å². The Morgan fingerprint density at radius 1 is 1.15 bits per heavy atom. The molecule has 0 radical (unpaired) electrons. The number of carbonyl (C=O) groups is 1. The van der Waals surface area contributed by atoms with E-state index in [0.717, 1.165) is 5.56 Å². The summed E-state index contributed by atoms with van der Waals surface area (Å²) in [5.74, 6) is 0.260. The van der Waals surface area contributed by atoms with Crippen molar-refractivity contribution in [3.8, 4) is 11.5 Å². The third-order valence-corrected chi connectivity index (χ3v) is 5.52. The van der Waals surface area contributed by atoms with Crippen LogP contribution >= 0.6 is 39.1 Å². The second kappa shape index (κ2) is 11.9. The molecule has 0 aliphatic heterocycles. The zero-order valence-electron chi connectivity index (χ0n) is 17.4. The zero-order valence-corrected chi connectivity index (χ0v) is 20.5. The van der Waals surface area contributed by atoms with Crippen molar-refractivity contribution in [1.29, 1.82) is 0 Å². The lowest BCUT2D eigenvalue weighted by atomic mass is 10.2. The number of anilines is 1. The highest BCUT2D eigenvalue weighted by Gasteiger charge is 2.13. The molecule has 2 N–H and O–H groups in total. The number of ether oxygens (including phenoxy) is 2. The van der Waals surface area contributed by atoms with E-state index in [9.17, 15) is 9.18 Å². The average molecular weight is 555 g/mol. The number of hydrogen-bond acceptors (Lipinski definition) is 5. The van der Waals surface area contributed by atoms with Gasteiger partial charge in [-0.3, -0.25) is 4.79 Å². The molecule has 0 aliphatic rings. The van der Waals surface area contributed by atoms with Gasteiger partial charge in [0, 0.05) is 21.3 Å². The summed E-state index contributed by atoms with van der Waals surface area (Å²) in [6.07, 6.45) is 1.48. The van der Waals surface area contributed by atoms with Gasteiger partial charge in [0.05, 0.1) is 24.3 Å². The smallest absolute Gasteiger partial charge is 0.259 e. The van der Waals surface area contributed by atoms with Crippen molar-refractivity contribution in [3.05, 3.63) is 86.1 Å². The van der Waals surface area contributed by atoms with Gasteiger partial charge in [-0.25, -0.2) is 9.82 Å². The molecule has 0 spiro atoms. The fraction of sp³-hybridized carbons (Fsp3) is 0.130. The number of halogens is 4. The summed E-state index contributed by atoms with van der Waals surface area (Å²) in [6.45, 7) is 0.200. The number of nitrogens with one attached hydrogen (secondary N) is 2. The van der Waals surface area contributed by atoms with Gasteiger partial charge in [-0.15, -0.1) is 0 Å². The minimum absolute atomic E-state index is 0.0178. The molecule has 3 rings (SSSR count). The van der Waals surface area contributed by atoms with E-state index in [2.05, 4.69) is 31.8 Å². The minimum Gasteiger partial charge on any atom is -0.493 e. The van der Waals surface area contributed by atoms with Crippen LogP contribution in [0.25, 0.3) is 0 Å². The maximum Gasteiger partial charge on any atom is 0.259 e. The van der Waals surface area contributed by atoms with Crippen LogP contribution in [0.4, 0.5) is 10.1 Å². The lowest BCUT2D eigenvalue weighted by molar-refractivity contribution is -0.119. The molecule has 0 saturated heterocycles. The number of hydrazone groups is 1. The summed E-state index contributed by atoms with van der Waals surface area (Å²) in [6, 6.07) is 14.4. The molecule has 10 heteroatoms. The molecular weight excluding hydrogens is 536 g/mol. The largest absolute Gasteiger partial charge is 0.493 e. The molecule has 0 aromatic heterocycles. The van der Waals surface area contributed by atoms with Crippen LogP contribution in [0.15, 0.2) is 64.2 Å². The first kappa shape index (κ1) is 24.8. The lowest BCUT2D eigenvalue weighted by Gasteiger charge is -2.14. The molecule has 33 heavy (non-hydrogen) atoms. The maximum absolute atomic E-state index is 12.9. The Morgan fingerprint density at radius 2 is 1.91 bits per heavy atom. The van der Waals surface area contributed by atoms with E-state index in [4.69, 9.17) is 32.7 Å². The van der Waals surface area contributed by atoms with E-state index in [-0.39, 0.29) is 24.9 Å². The summed E-state index contributed by atoms with van der Waals surface area (Å²) in [5, 5.41) is 7.88. The Morgan fingerprint density at radius 3 is 2.61 bits per heavy atom. The van der Waals surface area contributed by atoms with Crippen molar-refractivity contribution in [2.75, 3.05) is 19.0 Å². The minimum atomic E-state index is -0.360. The Hall–Kier alpha value is -2.81. The molecule has 0 bridgehead atoms. The van der Waals surface area contributed by atoms with Crippen LogP contribution in [0.2, 0.25) is 10.0 Å². The van der Waals surface area contributed by atoms with E-state index in [1.54, 1.807) is 42.5 Å². The molecule has 0 saturated carbocycles. The fourth-order valence-electron chi connectivity index (χ4n) is 2.71. The van der Waals surface area contributed by atoms with Crippen LogP contribution < -0.4 is 20.2 Å². The van der Waals surface area contributed by atoms with E-state index in [1.807, 2.05) is 0 Å². The molecule has 0 unspecified atom stereocenters. The Bertz CT molecular complexity index is 1160. The van der Waals surface area contributed by atoms with Crippen molar-refractivity contribution in [2.45, 2.75) is 6.61 Å². The maximum atomic E-state index is 12.9. The van der Waals surface area contributed by atoms with E-state index in [0.29, 0.717) is 37.3 Å². The molecule has 172 valence electrons. The van der Waals surface area contributed by atoms with Crippen molar-refractivity contribution in [1.82, 2.24) is 5.43 Å². The van der Waals surface area contributed by atoms with Crippen LogP contribution in [0, 0.1) is 5.82 Å². The van der Waals surface area contributed by atoms with E-state index >= 15 is 0 Å². The monoisotopic (exact) mass is 553 g/mol. The van der Waals surface area contributed by atoms with Gasteiger partial charge in [0.2, 0.25) is 0 Å². The summed E-state index contributed by atoms with van der Waals surface area (Å²) in [7, 11) is 1.52. The molecule has 3 aromatic carbocycles. The van der Waals surface area contributed by atoms with Gasteiger partial charge in [-0.2, -0.15) is 5.10 Å². The van der Waals surface area contributed by atoms with Crippen LogP contribution in [0.3, 0.4) is 0 Å². The standard InChI is InChI=1S/C23H19BrCl2FN3O3/c1-32-21-9-14(11-29-30-22(31)12-28-18-6-4-17(27)5-7-18)8-19(24)23(21)33-13-15-2-3-16(25)10-20(15)26/h2-11,28H,12-13H2,1H3,(H,30,31)/b29-11-. The number of carbonyl (C=O) groups excluding carboxylic acids is 1. The third-order valence-electron chi connectivity index (χ3n) is 4.34. The van der Waals surface area contributed by atoms with Gasteiger partial charge >= 0.3 is 0 Å². The predicted octanol–water partition coefficient (Wildman–Crippen LogP) is 6.04. The number of methoxy groups -OCH3 is 1. The molecule has 0 aliphatic carbocycles. The molecule has 0 atom stereocenters. The molecule has 0 heterocycles.